The van der Waals surface area contributed by atoms with E-state index in [1.165, 1.54) is 11.1 Å². The van der Waals surface area contributed by atoms with Gasteiger partial charge in [0.05, 0.1) is 18.0 Å². The summed E-state index contributed by atoms with van der Waals surface area (Å²) in [5.74, 6) is -0.996. The van der Waals surface area contributed by atoms with Gasteiger partial charge < -0.3 is 10.0 Å². The molecule has 1 aliphatic heterocycles. The minimum atomic E-state index is -0.990. The first-order valence-corrected chi connectivity index (χ1v) is 8.24. The average molecular weight is 323 g/mol. The van der Waals surface area contributed by atoms with Gasteiger partial charge >= 0.3 is 5.97 Å². The summed E-state index contributed by atoms with van der Waals surface area (Å²) in [6.07, 6.45) is 2.06. The molecule has 2 aromatic rings. The van der Waals surface area contributed by atoms with Gasteiger partial charge in [-0.3, -0.25) is 4.79 Å². The number of likely N-dealkylation sites (tertiary alicyclic amines) is 1. The Kier molecular flexibility index (Phi) is 4.65. The van der Waals surface area contributed by atoms with E-state index in [-0.39, 0.29) is 23.9 Å². The van der Waals surface area contributed by atoms with E-state index in [0.29, 0.717) is 5.56 Å². The molecule has 0 radical (unpaired) electrons. The molecule has 124 valence electrons. The number of rotatable bonds is 4. The molecule has 0 aliphatic carbocycles. The Morgan fingerprint density at radius 3 is 2.58 bits per heavy atom. The topological polar surface area (TPSA) is 57.6 Å². The van der Waals surface area contributed by atoms with Crippen LogP contribution >= 0.6 is 0 Å². The summed E-state index contributed by atoms with van der Waals surface area (Å²) in [6, 6.07) is 15.0. The van der Waals surface area contributed by atoms with E-state index in [4.69, 9.17) is 0 Å². The Morgan fingerprint density at radius 1 is 1.12 bits per heavy atom. The third-order valence-electron chi connectivity index (χ3n) is 4.71. The van der Waals surface area contributed by atoms with Gasteiger partial charge in [0.1, 0.15) is 0 Å². The number of aromatic carboxylic acids is 1. The van der Waals surface area contributed by atoms with Crippen molar-refractivity contribution in [3.05, 3.63) is 70.8 Å². The summed E-state index contributed by atoms with van der Waals surface area (Å²) in [6.45, 7) is 2.79. The average Bonchev–Trinajstić information content (AvgIpc) is 3.05. The number of benzene rings is 2. The molecule has 4 nitrogen and oxygen atoms in total. The highest BCUT2D eigenvalue weighted by Crippen LogP contribution is 2.34. The van der Waals surface area contributed by atoms with Crippen LogP contribution in [0.15, 0.2) is 48.5 Å². The normalized spacial score (nSPS) is 17.0. The number of aryl methyl sites for hydroxylation is 1. The van der Waals surface area contributed by atoms with Gasteiger partial charge in [-0.05, 0) is 42.5 Å². The Hall–Kier alpha value is -2.62. The molecule has 24 heavy (non-hydrogen) atoms. The molecule has 0 aromatic heterocycles. The lowest BCUT2D eigenvalue weighted by Crippen LogP contribution is -2.32. The highest BCUT2D eigenvalue weighted by Gasteiger charge is 2.31. The fraction of sp³-hybridized carbons (Fsp3) is 0.300. The van der Waals surface area contributed by atoms with Crippen molar-refractivity contribution in [3.8, 4) is 0 Å². The number of carbonyl (C=O) groups excluding carboxylic acids is 1. The van der Waals surface area contributed by atoms with E-state index < -0.39 is 5.97 Å². The summed E-state index contributed by atoms with van der Waals surface area (Å²) in [5.41, 5.74) is 3.16. The summed E-state index contributed by atoms with van der Waals surface area (Å²) >= 11 is 0. The molecule has 1 unspecified atom stereocenters. The molecule has 1 N–H and O–H groups in total. The molecule has 1 atom stereocenters. The van der Waals surface area contributed by atoms with Gasteiger partial charge in [-0.15, -0.1) is 0 Å². The number of carboxylic acid groups (broad SMARTS) is 1. The zero-order chi connectivity index (χ0) is 17.1. The van der Waals surface area contributed by atoms with Crippen molar-refractivity contribution in [2.24, 2.45) is 0 Å². The van der Waals surface area contributed by atoms with Crippen LogP contribution in [0.25, 0.3) is 0 Å². The van der Waals surface area contributed by atoms with Crippen LogP contribution in [0.5, 0.6) is 0 Å². The Bertz CT molecular complexity index is 769. The number of amides is 1. The van der Waals surface area contributed by atoms with Crippen molar-refractivity contribution >= 4 is 11.9 Å². The van der Waals surface area contributed by atoms with Crippen LogP contribution < -0.4 is 0 Å². The standard InChI is InChI=1S/C20H21NO3/c1-14-7-2-4-9-16(14)18-11-6-12-21(18)19(22)13-15-8-3-5-10-17(15)20(23)24/h2-5,7-10,18H,6,11-13H2,1H3,(H,23,24). The van der Waals surface area contributed by atoms with Crippen LogP contribution in [0.4, 0.5) is 0 Å². The molecule has 0 bridgehead atoms. The minimum absolute atomic E-state index is 0.00514. The summed E-state index contributed by atoms with van der Waals surface area (Å²) in [5, 5.41) is 9.29. The first kappa shape index (κ1) is 16.2. The quantitative estimate of drug-likeness (QED) is 0.935. The maximum Gasteiger partial charge on any atom is 0.335 e. The van der Waals surface area contributed by atoms with Crippen molar-refractivity contribution in [2.75, 3.05) is 6.54 Å². The van der Waals surface area contributed by atoms with Crippen molar-refractivity contribution in [1.82, 2.24) is 4.90 Å². The van der Waals surface area contributed by atoms with E-state index in [2.05, 4.69) is 19.1 Å². The second-order valence-electron chi connectivity index (χ2n) is 6.24. The molecule has 0 spiro atoms. The maximum absolute atomic E-state index is 12.8. The molecule has 1 fully saturated rings. The Balaban J connectivity index is 1.82. The second kappa shape index (κ2) is 6.87. The molecule has 4 heteroatoms. The molecular weight excluding hydrogens is 302 g/mol. The van der Waals surface area contributed by atoms with E-state index in [9.17, 15) is 14.7 Å². The van der Waals surface area contributed by atoms with E-state index in [0.717, 1.165) is 19.4 Å². The Morgan fingerprint density at radius 2 is 1.83 bits per heavy atom. The van der Waals surface area contributed by atoms with Crippen molar-refractivity contribution < 1.29 is 14.7 Å². The van der Waals surface area contributed by atoms with Gasteiger partial charge in [-0.25, -0.2) is 4.79 Å². The maximum atomic E-state index is 12.8. The minimum Gasteiger partial charge on any atom is -0.478 e. The van der Waals surface area contributed by atoms with E-state index in [1.807, 2.05) is 17.0 Å². The van der Waals surface area contributed by atoms with Gasteiger partial charge in [0.15, 0.2) is 0 Å². The third kappa shape index (κ3) is 3.18. The third-order valence-corrected chi connectivity index (χ3v) is 4.71. The van der Waals surface area contributed by atoms with E-state index >= 15 is 0 Å². The van der Waals surface area contributed by atoms with Crippen molar-refractivity contribution in [1.29, 1.82) is 0 Å². The summed E-state index contributed by atoms with van der Waals surface area (Å²) in [7, 11) is 0. The highest BCUT2D eigenvalue weighted by atomic mass is 16.4. The first-order valence-electron chi connectivity index (χ1n) is 8.24. The van der Waals surface area contributed by atoms with Gasteiger partial charge in [-0.2, -0.15) is 0 Å². The fourth-order valence-electron chi connectivity index (χ4n) is 3.50. The van der Waals surface area contributed by atoms with Gasteiger partial charge in [0, 0.05) is 6.54 Å². The lowest BCUT2D eigenvalue weighted by Gasteiger charge is -2.26. The van der Waals surface area contributed by atoms with Crippen molar-refractivity contribution in [2.45, 2.75) is 32.2 Å². The predicted octanol–water partition coefficient (Wildman–Crippen LogP) is 3.60. The van der Waals surface area contributed by atoms with Crippen LogP contribution in [0.1, 0.15) is 45.9 Å². The van der Waals surface area contributed by atoms with Gasteiger partial charge in [0.25, 0.3) is 0 Å². The first-order chi connectivity index (χ1) is 11.6. The van der Waals surface area contributed by atoms with Crippen LogP contribution in [-0.4, -0.2) is 28.4 Å². The van der Waals surface area contributed by atoms with Crippen LogP contribution in [0.3, 0.4) is 0 Å². The molecular formula is C20H21NO3. The number of hydrogen-bond acceptors (Lipinski definition) is 2. The molecule has 1 aliphatic rings. The van der Waals surface area contributed by atoms with E-state index in [1.54, 1.807) is 24.3 Å². The van der Waals surface area contributed by atoms with Crippen molar-refractivity contribution in [3.63, 3.8) is 0 Å². The number of carboxylic acids is 1. The smallest absolute Gasteiger partial charge is 0.335 e. The SMILES string of the molecule is Cc1ccccc1C1CCCN1C(=O)Cc1ccccc1C(=O)O. The fourth-order valence-corrected chi connectivity index (χ4v) is 3.50. The predicted molar refractivity (Wildman–Crippen MR) is 92.0 cm³/mol. The largest absolute Gasteiger partial charge is 0.478 e. The highest BCUT2D eigenvalue weighted by molar-refractivity contribution is 5.91. The second-order valence-corrected chi connectivity index (χ2v) is 6.24. The number of hydrogen-bond donors (Lipinski definition) is 1. The molecule has 1 saturated heterocycles. The van der Waals surface area contributed by atoms with Gasteiger partial charge in [-0.1, -0.05) is 42.5 Å². The lowest BCUT2D eigenvalue weighted by molar-refractivity contribution is -0.131. The molecule has 1 amide bonds. The lowest BCUT2D eigenvalue weighted by atomic mass is 9.98. The number of carbonyl (C=O) groups is 2. The van der Waals surface area contributed by atoms with Crippen LogP contribution in [-0.2, 0) is 11.2 Å². The molecule has 3 rings (SSSR count). The molecule has 1 heterocycles. The Labute approximate surface area is 141 Å². The zero-order valence-corrected chi connectivity index (χ0v) is 13.7. The van der Waals surface area contributed by atoms with Gasteiger partial charge in [0.2, 0.25) is 5.91 Å². The molecule has 0 saturated carbocycles. The number of nitrogens with zero attached hydrogens (tertiary/aromatic N) is 1. The summed E-state index contributed by atoms with van der Waals surface area (Å²) in [4.78, 5) is 26.1. The monoisotopic (exact) mass is 323 g/mol. The van der Waals surface area contributed by atoms with Crippen LogP contribution in [0, 0.1) is 6.92 Å². The zero-order valence-electron chi connectivity index (χ0n) is 13.7. The van der Waals surface area contributed by atoms with Crippen LogP contribution in [0.2, 0.25) is 0 Å². The summed E-state index contributed by atoms with van der Waals surface area (Å²) < 4.78 is 0. The molecule has 2 aromatic carbocycles.